The molecule has 4 nitrogen and oxygen atoms in total. The van der Waals surface area contributed by atoms with Crippen LogP contribution in [0.5, 0.6) is 0 Å². The number of carbonyl (C=O) groups is 1. The van der Waals surface area contributed by atoms with Crippen LogP contribution in [0.2, 0.25) is 0 Å². The fourth-order valence-corrected chi connectivity index (χ4v) is 3.12. The Morgan fingerprint density at radius 1 is 0.962 bits per heavy atom. The molecule has 4 rings (SSSR count). The van der Waals surface area contributed by atoms with Gasteiger partial charge in [0.15, 0.2) is 0 Å². The Labute approximate surface area is 152 Å². The lowest BCUT2D eigenvalue weighted by molar-refractivity contribution is 0.0988. The van der Waals surface area contributed by atoms with Crippen molar-refractivity contribution in [2.75, 3.05) is 11.4 Å². The molecule has 4 aromatic rings. The second kappa shape index (κ2) is 6.84. The van der Waals surface area contributed by atoms with Crippen molar-refractivity contribution in [1.29, 1.82) is 0 Å². The first-order chi connectivity index (χ1) is 12.8. The van der Waals surface area contributed by atoms with E-state index >= 15 is 0 Å². The molecule has 0 saturated heterocycles. The molecular weight excluding hydrogens is 322 g/mol. The Morgan fingerprint density at radius 3 is 2.42 bits per heavy atom. The van der Waals surface area contributed by atoms with E-state index in [2.05, 4.69) is 29.4 Å². The average molecular weight is 341 g/mol. The number of nitrogens with zero attached hydrogens (tertiary/aromatic N) is 3. The molecule has 1 aromatic heterocycles. The highest BCUT2D eigenvalue weighted by atomic mass is 16.2. The van der Waals surface area contributed by atoms with Gasteiger partial charge in [0.2, 0.25) is 0 Å². The van der Waals surface area contributed by atoms with E-state index in [1.807, 2.05) is 61.7 Å². The van der Waals surface area contributed by atoms with Gasteiger partial charge in [0.25, 0.3) is 5.91 Å². The summed E-state index contributed by atoms with van der Waals surface area (Å²) in [6.07, 6.45) is 3.61. The van der Waals surface area contributed by atoms with Crippen molar-refractivity contribution in [3.8, 4) is 5.69 Å². The highest BCUT2D eigenvalue weighted by molar-refractivity contribution is 6.07. The van der Waals surface area contributed by atoms with Gasteiger partial charge in [-0.1, -0.05) is 30.3 Å². The lowest BCUT2D eigenvalue weighted by Gasteiger charge is -2.22. The second-order valence-corrected chi connectivity index (χ2v) is 6.08. The van der Waals surface area contributed by atoms with Crippen LogP contribution in [0.4, 0.5) is 5.69 Å². The van der Waals surface area contributed by atoms with Gasteiger partial charge in [0.1, 0.15) is 0 Å². The first kappa shape index (κ1) is 16.1. The van der Waals surface area contributed by atoms with E-state index in [0.717, 1.165) is 16.8 Å². The molecule has 1 amide bonds. The summed E-state index contributed by atoms with van der Waals surface area (Å²) >= 11 is 0. The molecule has 26 heavy (non-hydrogen) atoms. The lowest BCUT2D eigenvalue weighted by atomic mass is 10.1. The van der Waals surface area contributed by atoms with Crippen molar-refractivity contribution < 1.29 is 4.79 Å². The SMILES string of the molecule is CCN(C(=O)c1ccc(-n2cccn2)cc1)c1ccc2ccccc2c1. The maximum Gasteiger partial charge on any atom is 0.258 e. The summed E-state index contributed by atoms with van der Waals surface area (Å²) < 4.78 is 1.77. The van der Waals surface area contributed by atoms with Crippen molar-refractivity contribution in [2.24, 2.45) is 0 Å². The summed E-state index contributed by atoms with van der Waals surface area (Å²) in [5.41, 5.74) is 2.50. The van der Waals surface area contributed by atoms with E-state index < -0.39 is 0 Å². The highest BCUT2D eigenvalue weighted by Crippen LogP contribution is 2.23. The Balaban J connectivity index is 1.64. The molecule has 0 aliphatic carbocycles. The summed E-state index contributed by atoms with van der Waals surface area (Å²) in [6, 6.07) is 23.7. The molecule has 0 saturated carbocycles. The van der Waals surface area contributed by atoms with E-state index in [0.29, 0.717) is 12.1 Å². The predicted octanol–water partition coefficient (Wildman–Crippen LogP) is 4.69. The molecule has 0 unspecified atom stereocenters. The zero-order valence-electron chi connectivity index (χ0n) is 14.5. The summed E-state index contributed by atoms with van der Waals surface area (Å²) in [6.45, 7) is 2.60. The van der Waals surface area contributed by atoms with Crippen LogP contribution < -0.4 is 4.90 Å². The van der Waals surface area contributed by atoms with Crippen LogP contribution in [-0.4, -0.2) is 22.2 Å². The van der Waals surface area contributed by atoms with E-state index in [-0.39, 0.29) is 5.91 Å². The summed E-state index contributed by atoms with van der Waals surface area (Å²) in [4.78, 5) is 14.8. The normalized spacial score (nSPS) is 10.8. The smallest absolute Gasteiger partial charge is 0.258 e. The number of rotatable bonds is 4. The van der Waals surface area contributed by atoms with Crippen LogP contribution in [0.15, 0.2) is 85.2 Å². The molecule has 128 valence electrons. The highest BCUT2D eigenvalue weighted by Gasteiger charge is 2.16. The third-order valence-corrected chi connectivity index (χ3v) is 4.49. The van der Waals surface area contributed by atoms with E-state index in [1.165, 1.54) is 5.39 Å². The second-order valence-electron chi connectivity index (χ2n) is 6.08. The third-order valence-electron chi connectivity index (χ3n) is 4.49. The monoisotopic (exact) mass is 341 g/mol. The number of hydrogen-bond acceptors (Lipinski definition) is 2. The van der Waals surface area contributed by atoms with Crippen molar-refractivity contribution in [2.45, 2.75) is 6.92 Å². The van der Waals surface area contributed by atoms with Gasteiger partial charge in [-0.05, 0) is 60.2 Å². The number of amides is 1. The predicted molar refractivity (Wildman–Crippen MR) is 105 cm³/mol. The number of carbonyl (C=O) groups excluding carboxylic acids is 1. The summed E-state index contributed by atoms with van der Waals surface area (Å²) in [7, 11) is 0. The fraction of sp³-hybridized carbons (Fsp3) is 0.0909. The largest absolute Gasteiger partial charge is 0.309 e. The molecule has 0 atom stereocenters. The first-order valence-corrected chi connectivity index (χ1v) is 8.67. The number of benzene rings is 3. The number of hydrogen-bond donors (Lipinski definition) is 0. The van der Waals surface area contributed by atoms with Crippen LogP contribution in [0.25, 0.3) is 16.5 Å². The Bertz CT molecular complexity index is 1040. The van der Waals surface area contributed by atoms with Crippen LogP contribution >= 0.6 is 0 Å². The Morgan fingerprint density at radius 2 is 1.73 bits per heavy atom. The molecule has 0 radical (unpaired) electrons. The van der Waals surface area contributed by atoms with Crippen LogP contribution in [0, 0.1) is 0 Å². The van der Waals surface area contributed by atoms with Gasteiger partial charge in [-0.25, -0.2) is 4.68 Å². The zero-order valence-corrected chi connectivity index (χ0v) is 14.5. The van der Waals surface area contributed by atoms with Gasteiger partial charge >= 0.3 is 0 Å². The maximum atomic E-state index is 13.0. The van der Waals surface area contributed by atoms with E-state index in [9.17, 15) is 4.79 Å². The minimum absolute atomic E-state index is 0.00482. The molecule has 0 spiro atoms. The van der Waals surface area contributed by atoms with Crippen LogP contribution in [0.1, 0.15) is 17.3 Å². The van der Waals surface area contributed by atoms with Gasteiger partial charge in [-0.2, -0.15) is 5.10 Å². The quantitative estimate of drug-likeness (QED) is 0.540. The van der Waals surface area contributed by atoms with E-state index in [1.54, 1.807) is 15.8 Å². The topological polar surface area (TPSA) is 38.1 Å². The molecule has 0 aliphatic heterocycles. The fourth-order valence-electron chi connectivity index (χ4n) is 3.12. The molecular formula is C22H19N3O. The van der Waals surface area contributed by atoms with Crippen LogP contribution in [0.3, 0.4) is 0 Å². The molecule has 4 heteroatoms. The van der Waals surface area contributed by atoms with Gasteiger partial charge in [0, 0.05) is 30.2 Å². The Kier molecular flexibility index (Phi) is 4.23. The van der Waals surface area contributed by atoms with Crippen LogP contribution in [-0.2, 0) is 0 Å². The molecule has 1 heterocycles. The Hall–Kier alpha value is -3.40. The van der Waals surface area contributed by atoms with Gasteiger partial charge in [-0.15, -0.1) is 0 Å². The summed E-state index contributed by atoms with van der Waals surface area (Å²) in [5.74, 6) is -0.00482. The molecule has 0 aliphatic rings. The standard InChI is InChI=1S/C22H19N3O/c1-2-24(21-13-8-17-6-3-4-7-19(17)16-21)22(26)18-9-11-20(12-10-18)25-15-5-14-23-25/h3-16H,2H2,1H3. The minimum atomic E-state index is -0.00482. The van der Waals surface area contributed by atoms with Crippen molar-refractivity contribution in [3.63, 3.8) is 0 Å². The first-order valence-electron chi connectivity index (χ1n) is 8.67. The molecule has 0 bridgehead atoms. The van der Waals surface area contributed by atoms with Gasteiger partial charge < -0.3 is 4.90 Å². The van der Waals surface area contributed by atoms with Crippen molar-refractivity contribution in [3.05, 3.63) is 90.8 Å². The van der Waals surface area contributed by atoms with Crippen molar-refractivity contribution in [1.82, 2.24) is 9.78 Å². The molecule has 3 aromatic carbocycles. The third kappa shape index (κ3) is 2.97. The average Bonchev–Trinajstić information content (AvgIpc) is 3.23. The maximum absolute atomic E-state index is 13.0. The number of aromatic nitrogens is 2. The van der Waals surface area contributed by atoms with Gasteiger partial charge in [-0.3, -0.25) is 4.79 Å². The van der Waals surface area contributed by atoms with Gasteiger partial charge in [0.05, 0.1) is 5.69 Å². The molecule has 0 N–H and O–H groups in total. The minimum Gasteiger partial charge on any atom is -0.309 e. The van der Waals surface area contributed by atoms with E-state index in [4.69, 9.17) is 0 Å². The number of anilines is 1. The number of fused-ring (bicyclic) bond motifs is 1. The van der Waals surface area contributed by atoms with Crippen molar-refractivity contribution >= 4 is 22.4 Å². The lowest BCUT2D eigenvalue weighted by Crippen LogP contribution is -2.30. The zero-order chi connectivity index (χ0) is 17.9. The molecule has 0 fully saturated rings. The summed E-state index contributed by atoms with van der Waals surface area (Å²) in [5, 5.41) is 6.51.